The molecule has 108 valence electrons. The number of aliphatic carboxylic acids is 1. The molecular weight excluding hydrogens is 272 g/mol. The van der Waals surface area contributed by atoms with E-state index >= 15 is 0 Å². The van der Waals surface area contributed by atoms with E-state index in [0.717, 1.165) is 4.90 Å². The summed E-state index contributed by atoms with van der Waals surface area (Å²) in [5.74, 6) is -1.34. The highest BCUT2D eigenvalue weighted by Crippen LogP contribution is 2.17. The van der Waals surface area contributed by atoms with Crippen LogP contribution in [0.2, 0.25) is 0 Å². The zero-order valence-corrected chi connectivity index (χ0v) is 11.4. The van der Waals surface area contributed by atoms with Crippen molar-refractivity contribution in [3.8, 4) is 0 Å². The van der Waals surface area contributed by atoms with E-state index in [0.29, 0.717) is 13.0 Å². The van der Waals surface area contributed by atoms with Crippen molar-refractivity contribution < 1.29 is 23.1 Å². The number of hydrogen-bond acceptors (Lipinski definition) is 4. The molecular formula is C11H18N2O5S. The van der Waals surface area contributed by atoms with Gasteiger partial charge in [0, 0.05) is 12.6 Å². The minimum Gasteiger partial charge on any atom is -0.480 e. The highest BCUT2D eigenvalue weighted by molar-refractivity contribution is 7.91. The lowest BCUT2D eigenvalue weighted by Crippen LogP contribution is -2.49. The van der Waals surface area contributed by atoms with Crippen LogP contribution in [-0.2, 0) is 14.6 Å². The fourth-order valence-corrected chi connectivity index (χ4v) is 3.65. The summed E-state index contributed by atoms with van der Waals surface area (Å²) in [6.07, 6.45) is 2.47. The van der Waals surface area contributed by atoms with E-state index in [1.165, 1.54) is 0 Å². The van der Waals surface area contributed by atoms with Gasteiger partial charge in [-0.25, -0.2) is 13.2 Å². The second-order valence-electron chi connectivity index (χ2n) is 4.39. The Kier molecular flexibility index (Phi) is 5.34. The average molecular weight is 290 g/mol. The molecule has 1 saturated heterocycles. The molecule has 2 N–H and O–H groups in total. The van der Waals surface area contributed by atoms with Crippen molar-refractivity contribution in [2.75, 3.05) is 24.6 Å². The molecule has 1 unspecified atom stereocenters. The standard InChI is InChI=1S/C11H18N2O5S/c1-2-3-5-12-11(16)13(7-10(14)15)9-4-6-19(17,18)8-9/h2,9H,1,3-8H2,(H,12,16)(H,14,15). The molecule has 8 heteroatoms. The highest BCUT2D eigenvalue weighted by atomic mass is 32.2. The van der Waals surface area contributed by atoms with Crippen molar-refractivity contribution in [2.45, 2.75) is 18.9 Å². The fraction of sp³-hybridized carbons (Fsp3) is 0.636. The van der Waals surface area contributed by atoms with Crippen LogP contribution in [-0.4, -0.2) is 61.1 Å². The monoisotopic (exact) mass is 290 g/mol. The Balaban J connectivity index is 2.69. The summed E-state index contributed by atoms with van der Waals surface area (Å²) < 4.78 is 22.8. The number of rotatable bonds is 6. The summed E-state index contributed by atoms with van der Waals surface area (Å²) in [4.78, 5) is 23.7. The van der Waals surface area contributed by atoms with Gasteiger partial charge < -0.3 is 15.3 Å². The number of amides is 2. The maximum Gasteiger partial charge on any atom is 0.323 e. The first-order valence-electron chi connectivity index (χ1n) is 5.93. The maximum atomic E-state index is 11.9. The summed E-state index contributed by atoms with van der Waals surface area (Å²) in [6.45, 7) is 3.35. The molecule has 0 bridgehead atoms. The van der Waals surface area contributed by atoms with Crippen LogP contribution in [0.15, 0.2) is 12.7 Å². The van der Waals surface area contributed by atoms with E-state index in [1.54, 1.807) is 6.08 Å². The third-order valence-electron chi connectivity index (χ3n) is 2.84. The van der Waals surface area contributed by atoms with Crippen molar-refractivity contribution in [3.05, 3.63) is 12.7 Å². The van der Waals surface area contributed by atoms with Gasteiger partial charge in [-0.15, -0.1) is 6.58 Å². The molecule has 0 aromatic heterocycles. The predicted octanol–water partition coefficient (Wildman–Crippen LogP) is -0.154. The van der Waals surface area contributed by atoms with Crippen LogP contribution in [0.3, 0.4) is 0 Å². The van der Waals surface area contributed by atoms with Crippen LogP contribution in [0, 0.1) is 0 Å². The van der Waals surface area contributed by atoms with Crippen LogP contribution >= 0.6 is 0 Å². The number of sulfone groups is 1. The normalized spacial score (nSPS) is 20.7. The number of carbonyl (C=O) groups is 2. The molecule has 19 heavy (non-hydrogen) atoms. The Morgan fingerprint density at radius 3 is 2.63 bits per heavy atom. The van der Waals surface area contributed by atoms with E-state index in [2.05, 4.69) is 11.9 Å². The third kappa shape index (κ3) is 4.90. The molecule has 0 aromatic rings. The maximum absolute atomic E-state index is 11.9. The summed E-state index contributed by atoms with van der Waals surface area (Å²) in [5, 5.41) is 11.4. The van der Waals surface area contributed by atoms with E-state index < -0.39 is 34.4 Å². The van der Waals surface area contributed by atoms with Crippen LogP contribution in [0.1, 0.15) is 12.8 Å². The van der Waals surface area contributed by atoms with Crippen LogP contribution in [0.25, 0.3) is 0 Å². The number of carboxylic acids is 1. The molecule has 1 aliphatic rings. The van der Waals surface area contributed by atoms with Gasteiger partial charge in [-0.1, -0.05) is 6.08 Å². The molecule has 0 spiro atoms. The minimum atomic E-state index is -3.17. The second kappa shape index (κ2) is 6.55. The van der Waals surface area contributed by atoms with Crippen LogP contribution < -0.4 is 5.32 Å². The summed E-state index contributed by atoms with van der Waals surface area (Å²) in [5.41, 5.74) is 0. The Morgan fingerprint density at radius 1 is 1.47 bits per heavy atom. The first-order valence-corrected chi connectivity index (χ1v) is 7.75. The van der Waals surface area contributed by atoms with E-state index in [-0.39, 0.29) is 17.9 Å². The zero-order chi connectivity index (χ0) is 14.5. The van der Waals surface area contributed by atoms with Gasteiger partial charge in [0.25, 0.3) is 0 Å². The van der Waals surface area contributed by atoms with Gasteiger partial charge in [0.2, 0.25) is 0 Å². The average Bonchev–Trinajstić information content (AvgIpc) is 2.66. The molecule has 1 aliphatic heterocycles. The topological polar surface area (TPSA) is 104 Å². The molecule has 1 atom stereocenters. The van der Waals surface area contributed by atoms with Gasteiger partial charge in [-0.2, -0.15) is 0 Å². The Bertz CT molecular complexity index is 460. The van der Waals surface area contributed by atoms with Gasteiger partial charge in [-0.05, 0) is 12.8 Å². The predicted molar refractivity (Wildman–Crippen MR) is 69.6 cm³/mol. The number of carboxylic acid groups (broad SMARTS) is 1. The first-order chi connectivity index (χ1) is 8.85. The van der Waals surface area contributed by atoms with E-state index in [9.17, 15) is 18.0 Å². The van der Waals surface area contributed by atoms with Crippen LogP contribution in [0.5, 0.6) is 0 Å². The quantitative estimate of drug-likeness (QED) is 0.523. The van der Waals surface area contributed by atoms with Gasteiger partial charge in [0.15, 0.2) is 9.84 Å². The SMILES string of the molecule is C=CCCNC(=O)N(CC(=O)O)C1CCS(=O)(=O)C1. The van der Waals surface area contributed by atoms with Crippen molar-refractivity contribution in [2.24, 2.45) is 0 Å². The number of urea groups is 1. The Hall–Kier alpha value is -1.57. The molecule has 7 nitrogen and oxygen atoms in total. The lowest BCUT2D eigenvalue weighted by molar-refractivity contribution is -0.138. The van der Waals surface area contributed by atoms with Crippen molar-refractivity contribution >= 4 is 21.8 Å². The van der Waals surface area contributed by atoms with Gasteiger partial charge >= 0.3 is 12.0 Å². The summed E-state index contributed by atoms with van der Waals surface area (Å²) in [7, 11) is -3.17. The lowest BCUT2D eigenvalue weighted by Gasteiger charge is -2.26. The molecule has 0 radical (unpaired) electrons. The number of nitrogens with one attached hydrogen (secondary N) is 1. The van der Waals surface area contributed by atoms with E-state index in [1.807, 2.05) is 0 Å². The van der Waals surface area contributed by atoms with Crippen molar-refractivity contribution in [1.82, 2.24) is 10.2 Å². The molecule has 0 aliphatic carbocycles. The fourth-order valence-electron chi connectivity index (χ4n) is 1.92. The second-order valence-corrected chi connectivity index (χ2v) is 6.62. The minimum absolute atomic E-state index is 0.00623. The van der Waals surface area contributed by atoms with Crippen molar-refractivity contribution in [3.63, 3.8) is 0 Å². The highest BCUT2D eigenvalue weighted by Gasteiger charge is 2.35. The largest absolute Gasteiger partial charge is 0.480 e. The molecule has 1 fully saturated rings. The molecule has 0 aromatic carbocycles. The Labute approximate surface area is 112 Å². The van der Waals surface area contributed by atoms with Crippen molar-refractivity contribution in [1.29, 1.82) is 0 Å². The van der Waals surface area contributed by atoms with Gasteiger partial charge in [-0.3, -0.25) is 4.79 Å². The first kappa shape index (κ1) is 15.5. The molecule has 1 rings (SSSR count). The van der Waals surface area contributed by atoms with Gasteiger partial charge in [0.1, 0.15) is 6.54 Å². The third-order valence-corrected chi connectivity index (χ3v) is 4.59. The lowest BCUT2D eigenvalue weighted by atomic mass is 10.2. The number of nitrogens with zero attached hydrogens (tertiary/aromatic N) is 1. The smallest absolute Gasteiger partial charge is 0.323 e. The molecule has 1 heterocycles. The summed E-state index contributed by atoms with van der Waals surface area (Å²) in [6, 6.07) is -1.11. The summed E-state index contributed by atoms with van der Waals surface area (Å²) >= 11 is 0. The number of carbonyl (C=O) groups excluding carboxylic acids is 1. The van der Waals surface area contributed by atoms with Gasteiger partial charge in [0.05, 0.1) is 11.5 Å². The number of hydrogen-bond donors (Lipinski definition) is 2. The van der Waals surface area contributed by atoms with E-state index in [4.69, 9.17) is 5.11 Å². The molecule has 0 saturated carbocycles. The Morgan fingerprint density at radius 2 is 2.16 bits per heavy atom. The molecule has 2 amide bonds. The van der Waals surface area contributed by atoms with Crippen LogP contribution in [0.4, 0.5) is 4.79 Å². The zero-order valence-electron chi connectivity index (χ0n) is 10.5.